The Kier molecular flexibility index (Phi) is 8.22. The summed E-state index contributed by atoms with van der Waals surface area (Å²) in [5, 5.41) is 5.29. The second kappa shape index (κ2) is 10.8. The first-order chi connectivity index (χ1) is 14.3. The maximum atomic E-state index is 12.8. The van der Waals surface area contributed by atoms with Gasteiger partial charge in [0, 0.05) is 19.8 Å². The van der Waals surface area contributed by atoms with Gasteiger partial charge in [-0.25, -0.2) is 0 Å². The number of hydrogen-bond acceptors (Lipinski definition) is 5. The summed E-state index contributed by atoms with van der Waals surface area (Å²) < 4.78 is 10.2. The number of carbonyl (C=O) groups is 3. The lowest BCUT2D eigenvalue weighted by atomic mass is 10.0. The molecule has 0 saturated carbocycles. The van der Waals surface area contributed by atoms with E-state index in [1.54, 1.807) is 50.6 Å². The molecule has 30 heavy (non-hydrogen) atoms. The Bertz CT molecular complexity index is 865. The van der Waals surface area contributed by atoms with Gasteiger partial charge < -0.3 is 25.8 Å². The average molecular weight is 413 g/mol. The largest absolute Gasteiger partial charge is 0.497 e. The topological polar surface area (TPSA) is 120 Å². The van der Waals surface area contributed by atoms with Crippen LogP contribution in [-0.4, -0.2) is 44.0 Å². The number of hydrogen-bond donors (Lipinski definition) is 3. The first kappa shape index (κ1) is 22.7. The van der Waals surface area contributed by atoms with Crippen molar-refractivity contribution in [2.45, 2.75) is 31.8 Å². The van der Waals surface area contributed by atoms with Crippen LogP contribution >= 0.6 is 0 Å². The van der Waals surface area contributed by atoms with Crippen molar-refractivity contribution in [3.8, 4) is 11.5 Å². The summed E-state index contributed by atoms with van der Waals surface area (Å²) in [6.45, 7) is 1.33. The van der Waals surface area contributed by atoms with Crippen molar-refractivity contribution in [1.82, 2.24) is 10.6 Å². The quantitative estimate of drug-likeness (QED) is 0.536. The zero-order valence-corrected chi connectivity index (χ0v) is 17.3. The summed E-state index contributed by atoms with van der Waals surface area (Å²) >= 11 is 0. The molecule has 2 aromatic carbocycles. The Morgan fingerprint density at radius 1 is 0.800 bits per heavy atom. The number of benzene rings is 2. The maximum absolute atomic E-state index is 12.8. The van der Waals surface area contributed by atoms with Crippen molar-refractivity contribution >= 4 is 17.7 Å². The molecule has 2 rings (SSSR count). The lowest BCUT2D eigenvalue weighted by molar-refractivity contribution is -0.130. The fourth-order valence-electron chi connectivity index (χ4n) is 2.94. The third-order valence-corrected chi connectivity index (χ3v) is 4.55. The fourth-order valence-corrected chi connectivity index (χ4v) is 2.94. The number of primary amides is 1. The van der Waals surface area contributed by atoms with Gasteiger partial charge in [0.1, 0.15) is 23.6 Å². The van der Waals surface area contributed by atoms with Crippen LogP contribution in [0.3, 0.4) is 0 Å². The third kappa shape index (κ3) is 6.80. The van der Waals surface area contributed by atoms with Gasteiger partial charge in [0.15, 0.2) is 0 Å². The minimum absolute atomic E-state index is 0.223. The van der Waals surface area contributed by atoms with Crippen LogP contribution in [-0.2, 0) is 27.2 Å². The highest BCUT2D eigenvalue weighted by atomic mass is 16.5. The molecule has 0 heterocycles. The molecule has 160 valence electrons. The Hall–Kier alpha value is -3.55. The first-order valence-corrected chi connectivity index (χ1v) is 9.45. The second-order valence-corrected chi connectivity index (χ2v) is 6.82. The molecule has 0 fully saturated rings. The van der Waals surface area contributed by atoms with Crippen molar-refractivity contribution in [2.75, 3.05) is 14.2 Å². The molecule has 0 saturated heterocycles. The molecular formula is C22H27N3O5. The number of nitrogens with one attached hydrogen (secondary N) is 2. The minimum atomic E-state index is -0.918. The molecule has 3 amide bonds. The lowest BCUT2D eigenvalue weighted by Crippen LogP contribution is -2.54. The SMILES string of the molecule is COc1ccc(CC(NC(=O)C(Cc2ccc(OC)cc2)NC(C)=O)C(N)=O)cc1. The molecule has 2 unspecified atom stereocenters. The summed E-state index contributed by atoms with van der Waals surface area (Å²) in [7, 11) is 3.13. The molecule has 0 aliphatic rings. The van der Waals surface area contributed by atoms with Crippen LogP contribution in [0.1, 0.15) is 18.1 Å². The van der Waals surface area contributed by atoms with E-state index in [0.717, 1.165) is 11.1 Å². The number of rotatable bonds is 10. The zero-order valence-electron chi connectivity index (χ0n) is 17.3. The van der Waals surface area contributed by atoms with Crippen LogP contribution in [0.2, 0.25) is 0 Å². The van der Waals surface area contributed by atoms with Gasteiger partial charge in [-0.1, -0.05) is 24.3 Å². The molecule has 2 atom stereocenters. The van der Waals surface area contributed by atoms with Crippen LogP contribution in [0.4, 0.5) is 0 Å². The maximum Gasteiger partial charge on any atom is 0.243 e. The zero-order chi connectivity index (χ0) is 22.1. The van der Waals surface area contributed by atoms with E-state index in [9.17, 15) is 14.4 Å². The number of amides is 3. The third-order valence-electron chi connectivity index (χ3n) is 4.55. The smallest absolute Gasteiger partial charge is 0.243 e. The molecule has 0 spiro atoms. The summed E-state index contributed by atoms with van der Waals surface area (Å²) in [6, 6.07) is 12.5. The highest BCUT2D eigenvalue weighted by Crippen LogP contribution is 2.14. The fraction of sp³-hybridized carbons (Fsp3) is 0.318. The average Bonchev–Trinajstić information content (AvgIpc) is 2.73. The predicted molar refractivity (Wildman–Crippen MR) is 112 cm³/mol. The Morgan fingerprint density at radius 2 is 1.23 bits per heavy atom. The minimum Gasteiger partial charge on any atom is -0.497 e. The van der Waals surface area contributed by atoms with Gasteiger partial charge in [0.25, 0.3) is 0 Å². The summed E-state index contributed by atoms with van der Waals surface area (Å²) in [4.78, 5) is 36.4. The van der Waals surface area contributed by atoms with Crippen molar-refractivity contribution in [3.05, 3.63) is 59.7 Å². The lowest BCUT2D eigenvalue weighted by Gasteiger charge is -2.22. The second-order valence-electron chi connectivity index (χ2n) is 6.82. The van der Waals surface area contributed by atoms with E-state index in [2.05, 4.69) is 10.6 Å². The molecule has 0 bridgehead atoms. The van der Waals surface area contributed by atoms with E-state index in [1.165, 1.54) is 6.92 Å². The van der Waals surface area contributed by atoms with Gasteiger partial charge in [-0.3, -0.25) is 14.4 Å². The number of nitrogens with two attached hydrogens (primary N) is 1. The molecule has 0 radical (unpaired) electrons. The molecule has 0 aliphatic heterocycles. The van der Waals surface area contributed by atoms with Crippen LogP contribution in [0.25, 0.3) is 0 Å². The van der Waals surface area contributed by atoms with Crippen molar-refractivity contribution in [3.63, 3.8) is 0 Å². The van der Waals surface area contributed by atoms with Gasteiger partial charge >= 0.3 is 0 Å². The molecule has 2 aromatic rings. The van der Waals surface area contributed by atoms with Gasteiger partial charge in [0.2, 0.25) is 17.7 Å². The molecule has 0 aromatic heterocycles. The van der Waals surface area contributed by atoms with Crippen molar-refractivity contribution in [1.29, 1.82) is 0 Å². The van der Waals surface area contributed by atoms with Gasteiger partial charge in [-0.05, 0) is 35.4 Å². The van der Waals surface area contributed by atoms with Crippen LogP contribution < -0.4 is 25.8 Å². The summed E-state index contributed by atoms with van der Waals surface area (Å²) in [6.07, 6.45) is 0.476. The molecule has 8 nitrogen and oxygen atoms in total. The van der Waals surface area contributed by atoms with Crippen LogP contribution in [0.5, 0.6) is 11.5 Å². The van der Waals surface area contributed by atoms with E-state index in [1.807, 2.05) is 12.1 Å². The highest BCUT2D eigenvalue weighted by Gasteiger charge is 2.25. The van der Waals surface area contributed by atoms with E-state index < -0.39 is 23.9 Å². The van der Waals surface area contributed by atoms with E-state index in [4.69, 9.17) is 15.2 Å². The molecule has 8 heteroatoms. The predicted octanol–water partition coefficient (Wildman–Crippen LogP) is 0.964. The molecule has 0 aliphatic carbocycles. The number of ether oxygens (including phenoxy) is 2. The molecule has 4 N–H and O–H groups in total. The first-order valence-electron chi connectivity index (χ1n) is 9.45. The summed E-state index contributed by atoms with van der Waals surface area (Å²) in [5.74, 6) is -0.130. The highest BCUT2D eigenvalue weighted by molar-refractivity contribution is 5.91. The normalized spacial score (nSPS) is 12.4. The Morgan fingerprint density at radius 3 is 1.60 bits per heavy atom. The van der Waals surface area contributed by atoms with Gasteiger partial charge in [0.05, 0.1) is 14.2 Å². The van der Waals surface area contributed by atoms with Crippen LogP contribution in [0, 0.1) is 0 Å². The Labute approximate surface area is 175 Å². The van der Waals surface area contributed by atoms with E-state index in [-0.39, 0.29) is 18.7 Å². The van der Waals surface area contributed by atoms with E-state index in [0.29, 0.717) is 11.5 Å². The number of carbonyl (C=O) groups excluding carboxylic acids is 3. The van der Waals surface area contributed by atoms with Crippen molar-refractivity contribution < 1.29 is 23.9 Å². The van der Waals surface area contributed by atoms with Gasteiger partial charge in [-0.15, -0.1) is 0 Å². The monoisotopic (exact) mass is 413 g/mol. The van der Waals surface area contributed by atoms with E-state index >= 15 is 0 Å². The summed E-state index contributed by atoms with van der Waals surface area (Å²) in [5.41, 5.74) is 7.14. The van der Waals surface area contributed by atoms with Gasteiger partial charge in [-0.2, -0.15) is 0 Å². The number of methoxy groups -OCH3 is 2. The Balaban J connectivity index is 2.11. The van der Waals surface area contributed by atoms with Crippen LogP contribution in [0.15, 0.2) is 48.5 Å². The molecular weight excluding hydrogens is 386 g/mol. The standard InChI is InChI=1S/C22H27N3O5/c1-14(26)24-20(13-16-6-10-18(30-3)11-7-16)22(28)25-19(21(23)27)12-15-4-8-17(29-2)9-5-15/h4-11,19-20H,12-13H2,1-3H3,(H2,23,27)(H,24,26)(H,25,28). The van der Waals surface area contributed by atoms with Crippen molar-refractivity contribution in [2.24, 2.45) is 5.73 Å².